The molecule has 0 aliphatic heterocycles. The normalized spacial score (nSPS) is 15.7. The van der Waals surface area contributed by atoms with E-state index in [1.165, 1.54) is 12.0 Å². The van der Waals surface area contributed by atoms with Crippen molar-refractivity contribution in [2.75, 3.05) is 6.61 Å². The molecule has 0 unspecified atom stereocenters. The van der Waals surface area contributed by atoms with E-state index in [-0.39, 0.29) is 11.4 Å². The number of halogens is 1. The van der Waals surface area contributed by atoms with Gasteiger partial charge < -0.3 is 4.74 Å². The van der Waals surface area contributed by atoms with E-state index < -0.39 is 0 Å². The van der Waals surface area contributed by atoms with Crippen LogP contribution >= 0.6 is 11.6 Å². The van der Waals surface area contributed by atoms with Gasteiger partial charge >= 0.3 is 5.97 Å². The average Bonchev–Trinajstić information content (AvgIpc) is 2.52. The maximum Gasteiger partial charge on any atom is 0.341 e. The van der Waals surface area contributed by atoms with Crippen LogP contribution in [-0.2, 0) is 16.6 Å². The number of aromatic nitrogens is 2. The summed E-state index contributed by atoms with van der Waals surface area (Å²) in [5.41, 5.74) is 1.58. The summed E-state index contributed by atoms with van der Waals surface area (Å²) in [6.45, 7) is 2.12. The summed E-state index contributed by atoms with van der Waals surface area (Å²) in [5.74, 6) is 0.348. The van der Waals surface area contributed by atoms with Crippen LogP contribution in [0.1, 0.15) is 47.9 Å². The molecule has 0 atom stereocenters. The molecule has 1 fully saturated rings. The summed E-state index contributed by atoms with van der Waals surface area (Å²) < 4.78 is 4.95. The molecular formula is C18H19ClN2O2. The number of benzene rings is 1. The average molecular weight is 331 g/mol. The molecule has 1 heterocycles. The minimum atomic E-state index is -0.386. The van der Waals surface area contributed by atoms with Crippen LogP contribution in [-0.4, -0.2) is 22.5 Å². The van der Waals surface area contributed by atoms with Gasteiger partial charge in [-0.05, 0) is 31.4 Å². The predicted molar refractivity (Wildman–Crippen MR) is 88.7 cm³/mol. The van der Waals surface area contributed by atoms with Crippen molar-refractivity contribution in [3.63, 3.8) is 0 Å². The molecule has 1 aliphatic carbocycles. The van der Waals surface area contributed by atoms with Crippen LogP contribution in [0.4, 0.5) is 0 Å². The zero-order valence-electron chi connectivity index (χ0n) is 13.1. The number of carbonyl (C=O) groups is 1. The molecule has 5 heteroatoms. The number of hydrogen-bond donors (Lipinski definition) is 0. The molecule has 0 spiro atoms. The Kier molecular flexibility index (Phi) is 4.62. The molecule has 1 aromatic heterocycles. The highest BCUT2D eigenvalue weighted by atomic mass is 35.5. The van der Waals surface area contributed by atoms with E-state index in [0.29, 0.717) is 12.2 Å². The molecule has 0 radical (unpaired) electrons. The van der Waals surface area contributed by atoms with E-state index >= 15 is 0 Å². The molecule has 2 aromatic rings. The smallest absolute Gasteiger partial charge is 0.341 e. The van der Waals surface area contributed by atoms with Crippen LogP contribution in [0.15, 0.2) is 36.7 Å². The topological polar surface area (TPSA) is 52.1 Å². The number of hydrogen-bond acceptors (Lipinski definition) is 4. The van der Waals surface area contributed by atoms with E-state index in [0.717, 1.165) is 30.1 Å². The first-order chi connectivity index (χ1) is 11.1. The monoisotopic (exact) mass is 330 g/mol. The summed E-state index contributed by atoms with van der Waals surface area (Å²) in [7, 11) is 0. The van der Waals surface area contributed by atoms with Crippen LogP contribution in [0.25, 0.3) is 0 Å². The molecule has 0 N–H and O–H groups in total. The fourth-order valence-corrected chi connectivity index (χ4v) is 3.44. The molecule has 1 saturated carbocycles. The fraction of sp³-hybridized carbons (Fsp3) is 0.389. The lowest BCUT2D eigenvalue weighted by Crippen LogP contribution is -2.37. The second-order valence-corrected chi connectivity index (χ2v) is 6.31. The molecule has 1 aliphatic rings. The Bertz CT molecular complexity index is 696. The molecule has 120 valence electrons. The third kappa shape index (κ3) is 3.22. The van der Waals surface area contributed by atoms with Crippen molar-refractivity contribution < 1.29 is 9.53 Å². The van der Waals surface area contributed by atoms with Crippen LogP contribution in [0, 0.1) is 0 Å². The lowest BCUT2D eigenvalue weighted by Gasteiger charge is -2.42. The number of carbonyl (C=O) groups excluding carboxylic acids is 1. The van der Waals surface area contributed by atoms with Crippen LogP contribution in [0.5, 0.6) is 0 Å². The minimum Gasteiger partial charge on any atom is -0.462 e. The first-order valence-electron chi connectivity index (χ1n) is 7.88. The van der Waals surface area contributed by atoms with Gasteiger partial charge in [-0.3, -0.25) is 0 Å². The third-order valence-electron chi connectivity index (χ3n) is 4.47. The highest BCUT2D eigenvalue weighted by molar-refractivity contribution is 6.31. The van der Waals surface area contributed by atoms with Crippen molar-refractivity contribution >= 4 is 17.6 Å². The van der Waals surface area contributed by atoms with Gasteiger partial charge in [0.15, 0.2) is 0 Å². The predicted octanol–water partition coefficient (Wildman–Crippen LogP) is 3.97. The van der Waals surface area contributed by atoms with Gasteiger partial charge in [-0.1, -0.05) is 36.2 Å². The third-order valence-corrected chi connectivity index (χ3v) is 4.80. The van der Waals surface area contributed by atoms with Crippen molar-refractivity contribution in [3.8, 4) is 0 Å². The molecule has 4 nitrogen and oxygen atoms in total. The fourth-order valence-electron chi connectivity index (χ4n) is 3.10. The van der Waals surface area contributed by atoms with E-state index in [4.69, 9.17) is 16.3 Å². The van der Waals surface area contributed by atoms with E-state index in [1.54, 1.807) is 19.3 Å². The number of ether oxygens (including phenoxy) is 1. The molecule has 23 heavy (non-hydrogen) atoms. The summed E-state index contributed by atoms with van der Waals surface area (Å²) in [6, 6.07) is 7.99. The molecule has 0 saturated heterocycles. The Hall–Kier alpha value is -1.94. The van der Waals surface area contributed by atoms with Crippen LogP contribution in [0.2, 0.25) is 5.02 Å². The largest absolute Gasteiger partial charge is 0.462 e. The molecule has 1 aromatic carbocycles. The zero-order valence-corrected chi connectivity index (χ0v) is 13.8. The van der Waals surface area contributed by atoms with Gasteiger partial charge in [-0.15, -0.1) is 0 Å². The summed E-state index contributed by atoms with van der Waals surface area (Å²) in [6.07, 6.45) is 7.17. The van der Waals surface area contributed by atoms with Gasteiger partial charge in [0, 0.05) is 29.3 Å². The van der Waals surface area contributed by atoms with Crippen molar-refractivity contribution in [1.29, 1.82) is 0 Å². The van der Waals surface area contributed by atoms with Gasteiger partial charge in [0.25, 0.3) is 0 Å². The quantitative estimate of drug-likeness (QED) is 0.778. The number of esters is 1. The van der Waals surface area contributed by atoms with Gasteiger partial charge in [0.2, 0.25) is 0 Å². The molecular weight excluding hydrogens is 312 g/mol. The Morgan fingerprint density at radius 2 is 1.96 bits per heavy atom. The highest BCUT2D eigenvalue weighted by Crippen LogP contribution is 2.47. The van der Waals surface area contributed by atoms with Gasteiger partial charge in [0.05, 0.1) is 12.2 Å². The van der Waals surface area contributed by atoms with Crippen LogP contribution < -0.4 is 0 Å². The summed E-state index contributed by atoms with van der Waals surface area (Å²) in [5, 5.41) is 0.801. The Morgan fingerprint density at radius 1 is 1.26 bits per heavy atom. The lowest BCUT2D eigenvalue weighted by molar-refractivity contribution is 0.0525. The highest BCUT2D eigenvalue weighted by Gasteiger charge is 2.40. The van der Waals surface area contributed by atoms with E-state index in [2.05, 4.69) is 16.0 Å². The van der Waals surface area contributed by atoms with Gasteiger partial charge in [-0.25, -0.2) is 14.8 Å². The lowest BCUT2D eigenvalue weighted by atomic mass is 9.62. The van der Waals surface area contributed by atoms with E-state index in [9.17, 15) is 4.79 Å². The Labute approximate surface area is 140 Å². The van der Waals surface area contributed by atoms with Crippen molar-refractivity contribution in [3.05, 3.63) is 58.6 Å². The number of rotatable bonds is 5. The molecule has 0 amide bonds. The maximum absolute atomic E-state index is 11.7. The van der Waals surface area contributed by atoms with Crippen LogP contribution in [0.3, 0.4) is 0 Å². The van der Waals surface area contributed by atoms with Gasteiger partial charge in [0.1, 0.15) is 5.82 Å². The van der Waals surface area contributed by atoms with Crippen molar-refractivity contribution in [1.82, 2.24) is 9.97 Å². The number of nitrogens with zero attached hydrogens (tertiary/aromatic N) is 2. The zero-order chi connectivity index (χ0) is 16.3. The summed E-state index contributed by atoms with van der Waals surface area (Å²) >= 11 is 6.39. The van der Waals surface area contributed by atoms with Crippen molar-refractivity contribution in [2.45, 2.75) is 38.0 Å². The Balaban J connectivity index is 1.80. The SMILES string of the molecule is CCOC(=O)c1cnc(CC2(c3ccccc3Cl)CCC2)nc1. The summed E-state index contributed by atoms with van der Waals surface area (Å²) in [4.78, 5) is 20.4. The second kappa shape index (κ2) is 6.67. The minimum absolute atomic E-state index is 0.0176. The first kappa shape index (κ1) is 15.9. The maximum atomic E-state index is 11.7. The van der Waals surface area contributed by atoms with E-state index in [1.807, 2.05) is 18.2 Å². The van der Waals surface area contributed by atoms with Gasteiger partial charge in [-0.2, -0.15) is 0 Å². The first-order valence-corrected chi connectivity index (χ1v) is 8.25. The Morgan fingerprint density at radius 3 is 2.52 bits per heavy atom. The standard InChI is InChI=1S/C18H19ClN2O2/c1-2-23-17(22)13-11-20-16(21-12-13)10-18(8-5-9-18)14-6-3-4-7-15(14)19/h3-4,6-7,11-12H,2,5,8-10H2,1H3. The molecule has 3 rings (SSSR count). The van der Waals surface area contributed by atoms with Crippen molar-refractivity contribution in [2.24, 2.45) is 0 Å². The second-order valence-electron chi connectivity index (χ2n) is 5.90. The molecule has 0 bridgehead atoms.